The first kappa shape index (κ1) is 14.5. The molecule has 1 aromatic rings. The van der Waals surface area contributed by atoms with Gasteiger partial charge in [0, 0.05) is 18.0 Å². The summed E-state index contributed by atoms with van der Waals surface area (Å²) in [6.45, 7) is 7.59. The first-order valence-corrected chi connectivity index (χ1v) is 6.06. The van der Waals surface area contributed by atoms with E-state index in [4.69, 9.17) is 0 Å². The maximum Gasteiger partial charge on any atom is 0.305 e. The zero-order valence-electron chi connectivity index (χ0n) is 11.7. The van der Waals surface area contributed by atoms with E-state index >= 15 is 0 Å². The standard InChI is InChI=1S/C14H21NO3/c1-9-8-15-12(13(17)14(2,3)4)10(9)6-7-11(16)18-5/h8,15H,6-7H2,1-5H3. The van der Waals surface area contributed by atoms with Crippen molar-refractivity contribution >= 4 is 11.8 Å². The van der Waals surface area contributed by atoms with Gasteiger partial charge < -0.3 is 9.72 Å². The molecule has 4 heteroatoms. The molecule has 1 heterocycles. The highest BCUT2D eigenvalue weighted by Gasteiger charge is 2.27. The van der Waals surface area contributed by atoms with Crippen molar-refractivity contribution in [1.82, 2.24) is 4.98 Å². The molecular formula is C14H21NO3. The molecule has 0 amide bonds. The van der Waals surface area contributed by atoms with Crippen LogP contribution in [-0.2, 0) is 16.0 Å². The predicted molar refractivity (Wildman–Crippen MR) is 69.7 cm³/mol. The largest absolute Gasteiger partial charge is 0.469 e. The third-order valence-corrected chi connectivity index (χ3v) is 2.93. The van der Waals surface area contributed by atoms with Crippen molar-refractivity contribution in [3.05, 3.63) is 23.0 Å². The highest BCUT2D eigenvalue weighted by atomic mass is 16.5. The van der Waals surface area contributed by atoms with Crippen molar-refractivity contribution < 1.29 is 14.3 Å². The summed E-state index contributed by atoms with van der Waals surface area (Å²) in [6.07, 6.45) is 2.63. The number of nitrogens with one attached hydrogen (secondary N) is 1. The number of ether oxygens (including phenoxy) is 1. The van der Waals surface area contributed by atoms with E-state index in [0.717, 1.165) is 11.1 Å². The summed E-state index contributed by atoms with van der Waals surface area (Å²) >= 11 is 0. The van der Waals surface area contributed by atoms with Gasteiger partial charge in [0.1, 0.15) is 0 Å². The van der Waals surface area contributed by atoms with Crippen molar-refractivity contribution in [3.63, 3.8) is 0 Å². The number of carbonyl (C=O) groups excluding carboxylic acids is 2. The number of esters is 1. The Morgan fingerprint density at radius 2 is 1.94 bits per heavy atom. The maximum absolute atomic E-state index is 12.3. The monoisotopic (exact) mass is 251 g/mol. The average molecular weight is 251 g/mol. The molecule has 0 atom stereocenters. The van der Waals surface area contributed by atoms with Gasteiger partial charge in [-0.2, -0.15) is 0 Å². The summed E-state index contributed by atoms with van der Waals surface area (Å²) < 4.78 is 4.62. The molecule has 0 radical (unpaired) electrons. The molecule has 0 saturated heterocycles. The van der Waals surface area contributed by atoms with Gasteiger partial charge in [-0.15, -0.1) is 0 Å². The van der Waals surface area contributed by atoms with Crippen molar-refractivity contribution in [2.45, 2.75) is 40.5 Å². The van der Waals surface area contributed by atoms with Crippen LogP contribution in [0.5, 0.6) is 0 Å². The first-order valence-electron chi connectivity index (χ1n) is 6.06. The molecule has 1 rings (SSSR count). The summed E-state index contributed by atoms with van der Waals surface area (Å²) in [6, 6.07) is 0. The molecule has 0 aliphatic rings. The number of hydrogen-bond acceptors (Lipinski definition) is 3. The van der Waals surface area contributed by atoms with E-state index in [0.29, 0.717) is 18.5 Å². The molecule has 1 aromatic heterocycles. The SMILES string of the molecule is COC(=O)CCc1c(C)c[nH]c1C(=O)C(C)(C)C. The minimum absolute atomic E-state index is 0.0652. The minimum atomic E-state index is -0.433. The number of aryl methyl sites for hydroxylation is 1. The van der Waals surface area contributed by atoms with Crippen LogP contribution in [0.2, 0.25) is 0 Å². The van der Waals surface area contributed by atoms with Crippen LogP contribution in [0, 0.1) is 12.3 Å². The second kappa shape index (κ2) is 5.38. The fourth-order valence-corrected chi connectivity index (χ4v) is 1.78. The lowest BCUT2D eigenvalue weighted by Gasteiger charge is -2.17. The second-order valence-corrected chi connectivity index (χ2v) is 5.48. The van der Waals surface area contributed by atoms with Crippen LogP contribution in [0.3, 0.4) is 0 Å². The van der Waals surface area contributed by atoms with Crippen molar-refractivity contribution in [2.75, 3.05) is 7.11 Å². The van der Waals surface area contributed by atoms with Gasteiger partial charge in [-0.25, -0.2) is 0 Å². The number of rotatable bonds is 4. The van der Waals surface area contributed by atoms with Crippen LogP contribution in [-0.4, -0.2) is 23.8 Å². The van der Waals surface area contributed by atoms with Gasteiger partial charge in [-0.3, -0.25) is 9.59 Å². The van der Waals surface area contributed by atoms with Crippen LogP contribution >= 0.6 is 0 Å². The summed E-state index contributed by atoms with van der Waals surface area (Å²) in [5.41, 5.74) is 2.10. The highest BCUT2D eigenvalue weighted by Crippen LogP contribution is 2.25. The van der Waals surface area contributed by atoms with Crippen LogP contribution in [0.1, 0.15) is 48.8 Å². The summed E-state index contributed by atoms with van der Waals surface area (Å²) in [7, 11) is 1.37. The van der Waals surface area contributed by atoms with E-state index < -0.39 is 5.41 Å². The average Bonchev–Trinajstić information content (AvgIpc) is 2.65. The Morgan fingerprint density at radius 3 is 2.44 bits per heavy atom. The number of H-pyrrole nitrogens is 1. The van der Waals surface area contributed by atoms with Crippen LogP contribution in [0.25, 0.3) is 0 Å². The molecule has 0 unspecified atom stereocenters. The molecule has 0 spiro atoms. The highest BCUT2D eigenvalue weighted by molar-refractivity contribution is 5.99. The molecule has 0 fully saturated rings. The number of hydrogen-bond donors (Lipinski definition) is 1. The van der Waals surface area contributed by atoms with Gasteiger partial charge >= 0.3 is 5.97 Å². The third kappa shape index (κ3) is 3.22. The van der Waals surface area contributed by atoms with Crippen molar-refractivity contribution in [1.29, 1.82) is 0 Å². The zero-order chi connectivity index (χ0) is 13.9. The number of methoxy groups -OCH3 is 1. The molecule has 0 bridgehead atoms. The van der Waals surface area contributed by atoms with Gasteiger partial charge in [-0.05, 0) is 24.5 Å². The van der Waals surface area contributed by atoms with Gasteiger partial charge in [0.05, 0.1) is 12.8 Å². The van der Waals surface area contributed by atoms with E-state index in [1.165, 1.54) is 7.11 Å². The first-order chi connectivity index (χ1) is 8.27. The van der Waals surface area contributed by atoms with Gasteiger partial charge in [0.2, 0.25) is 0 Å². The molecule has 0 saturated carbocycles. The van der Waals surface area contributed by atoms with Crippen LogP contribution in [0.4, 0.5) is 0 Å². The maximum atomic E-state index is 12.3. The number of carbonyl (C=O) groups is 2. The number of ketones is 1. The minimum Gasteiger partial charge on any atom is -0.469 e. The predicted octanol–water partition coefficient (Wildman–Crippen LogP) is 2.66. The lowest BCUT2D eigenvalue weighted by molar-refractivity contribution is -0.140. The third-order valence-electron chi connectivity index (χ3n) is 2.93. The van der Waals surface area contributed by atoms with Crippen LogP contribution < -0.4 is 0 Å². The summed E-state index contributed by atoms with van der Waals surface area (Å²) in [5.74, 6) is -0.194. The fourth-order valence-electron chi connectivity index (χ4n) is 1.78. The molecule has 0 aliphatic heterocycles. The Morgan fingerprint density at radius 1 is 1.33 bits per heavy atom. The lowest BCUT2D eigenvalue weighted by Crippen LogP contribution is -2.22. The fraction of sp³-hybridized carbons (Fsp3) is 0.571. The Bertz CT molecular complexity index is 452. The number of aromatic amines is 1. The molecule has 0 aromatic carbocycles. The number of aromatic nitrogens is 1. The Labute approximate surface area is 108 Å². The van der Waals surface area contributed by atoms with Crippen molar-refractivity contribution in [3.8, 4) is 0 Å². The summed E-state index contributed by atoms with van der Waals surface area (Å²) in [5, 5.41) is 0. The van der Waals surface area contributed by atoms with Gasteiger partial charge in [-0.1, -0.05) is 20.8 Å². The topological polar surface area (TPSA) is 59.2 Å². The smallest absolute Gasteiger partial charge is 0.305 e. The van der Waals surface area contributed by atoms with E-state index in [2.05, 4.69) is 9.72 Å². The molecule has 18 heavy (non-hydrogen) atoms. The van der Waals surface area contributed by atoms with Gasteiger partial charge in [0.25, 0.3) is 0 Å². The van der Waals surface area contributed by atoms with E-state index in [1.807, 2.05) is 33.9 Å². The normalized spacial score (nSPS) is 11.4. The van der Waals surface area contributed by atoms with Gasteiger partial charge in [0.15, 0.2) is 5.78 Å². The molecule has 100 valence electrons. The Kier molecular flexibility index (Phi) is 4.33. The quantitative estimate of drug-likeness (QED) is 0.661. The molecule has 0 aliphatic carbocycles. The summed E-state index contributed by atoms with van der Waals surface area (Å²) in [4.78, 5) is 26.5. The van der Waals surface area contributed by atoms with E-state index in [9.17, 15) is 9.59 Å². The Hall–Kier alpha value is -1.58. The molecular weight excluding hydrogens is 230 g/mol. The molecule has 1 N–H and O–H groups in total. The number of Topliss-reactive ketones (excluding diaryl/α,β-unsaturated/α-hetero) is 1. The lowest BCUT2D eigenvalue weighted by atomic mass is 9.87. The molecule has 4 nitrogen and oxygen atoms in total. The zero-order valence-corrected chi connectivity index (χ0v) is 11.7. The van der Waals surface area contributed by atoms with E-state index in [1.54, 1.807) is 0 Å². The second-order valence-electron chi connectivity index (χ2n) is 5.48. The van der Waals surface area contributed by atoms with E-state index in [-0.39, 0.29) is 11.8 Å². The van der Waals surface area contributed by atoms with Crippen molar-refractivity contribution in [2.24, 2.45) is 5.41 Å². The Balaban J connectivity index is 2.95. The van der Waals surface area contributed by atoms with Crippen LogP contribution in [0.15, 0.2) is 6.20 Å².